The molecule has 2 aliphatic heterocycles. The van der Waals surface area contributed by atoms with Crippen LogP contribution in [-0.4, -0.2) is 72.7 Å². The van der Waals surface area contributed by atoms with Gasteiger partial charge < -0.3 is 29.5 Å². The van der Waals surface area contributed by atoms with Crippen molar-refractivity contribution in [1.82, 2.24) is 10.2 Å². The number of para-hydroxylation sites is 1. The highest BCUT2D eigenvalue weighted by atomic mass is 16.7. The molecule has 1 aromatic rings. The lowest BCUT2D eigenvalue weighted by Gasteiger charge is -2.41. The standard InChI is InChI=1S/C24H34N2O6/c27-21(8-14-30-20-6-2-1-3-7-20)26-13-4-5-19(17-26)22(28)25-18-23(29)9-11-24(12-10-23)31-15-16-32-24/h1-3,6-7,19,29H,4-5,8-18H2,(H,25,28). The van der Waals surface area contributed by atoms with Gasteiger partial charge in [-0.3, -0.25) is 9.59 Å². The van der Waals surface area contributed by atoms with Gasteiger partial charge in [-0.1, -0.05) is 18.2 Å². The lowest BCUT2D eigenvalue weighted by atomic mass is 9.81. The SMILES string of the molecule is O=C(NCC1(O)CCC2(CC1)OCCO2)C1CCCN(C(=O)CCOc2ccccc2)C1. The summed E-state index contributed by atoms with van der Waals surface area (Å²) in [5.74, 6) is -0.127. The minimum absolute atomic E-state index is 0.00574. The van der Waals surface area contributed by atoms with Crippen LogP contribution >= 0.6 is 0 Å². The van der Waals surface area contributed by atoms with Gasteiger partial charge in [-0.2, -0.15) is 0 Å². The molecule has 1 saturated carbocycles. The summed E-state index contributed by atoms with van der Waals surface area (Å²) in [6, 6.07) is 9.42. The molecule has 2 heterocycles. The molecule has 1 unspecified atom stereocenters. The third kappa shape index (κ3) is 5.79. The summed E-state index contributed by atoms with van der Waals surface area (Å²) in [7, 11) is 0. The van der Waals surface area contributed by atoms with E-state index in [1.807, 2.05) is 30.3 Å². The number of piperidine rings is 1. The molecule has 3 fully saturated rings. The number of benzene rings is 1. The molecular formula is C24H34N2O6. The number of rotatable bonds is 7. The zero-order chi connectivity index (χ0) is 22.4. The zero-order valence-electron chi connectivity index (χ0n) is 18.6. The number of likely N-dealkylation sites (tertiary alicyclic amines) is 1. The van der Waals surface area contributed by atoms with E-state index in [9.17, 15) is 14.7 Å². The molecule has 3 aliphatic rings. The van der Waals surface area contributed by atoms with E-state index >= 15 is 0 Å². The Morgan fingerprint density at radius 2 is 1.84 bits per heavy atom. The van der Waals surface area contributed by atoms with Gasteiger partial charge in [0.05, 0.1) is 37.8 Å². The molecule has 0 radical (unpaired) electrons. The Bertz CT molecular complexity index is 770. The van der Waals surface area contributed by atoms with Crippen LogP contribution < -0.4 is 10.1 Å². The molecular weight excluding hydrogens is 412 g/mol. The van der Waals surface area contributed by atoms with Crippen molar-refractivity contribution in [3.05, 3.63) is 30.3 Å². The van der Waals surface area contributed by atoms with Crippen molar-refractivity contribution in [3.8, 4) is 5.75 Å². The van der Waals surface area contributed by atoms with E-state index in [1.165, 1.54) is 0 Å². The van der Waals surface area contributed by atoms with E-state index in [0.29, 0.717) is 58.6 Å². The predicted octanol–water partition coefficient (Wildman–Crippen LogP) is 1.86. The number of carbonyl (C=O) groups is 2. The molecule has 2 amide bonds. The van der Waals surface area contributed by atoms with Crippen molar-refractivity contribution >= 4 is 11.8 Å². The number of amides is 2. The average Bonchev–Trinajstić information content (AvgIpc) is 3.29. The van der Waals surface area contributed by atoms with Gasteiger partial charge in [-0.05, 0) is 37.8 Å². The molecule has 0 aromatic heterocycles. The largest absolute Gasteiger partial charge is 0.493 e. The van der Waals surface area contributed by atoms with Gasteiger partial charge in [0, 0.05) is 32.5 Å². The second kappa shape index (κ2) is 10.2. The Hall–Kier alpha value is -2.16. The number of nitrogens with one attached hydrogen (secondary N) is 1. The maximum Gasteiger partial charge on any atom is 0.226 e. The molecule has 0 bridgehead atoms. The molecule has 1 atom stereocenters. The van der Waals surface area contributed by atoms with Gasteiger partial charge in [-0.25, -0.2) is 0 Å². The van der Waals surface area contributed by atoms with Crippen LogP contribution in [-0.2, 0) is 19.1 Å². The summed E-state index contributed by atoms with van der Waals surface area (Å²) in [5.41, 5.74) is -0.935. The van der Waals surface area contributed by atoms with E-state index in [4.69, 9.17) is 14.2 Å². The lowest BCUT2D eigenvalue weighted by Crippen LogP contribution is -2.52. The van der Waals surface area contributed by atoms with Crippen molar-refractivity contribution in [2.45, 2.75) is 56.3 Å². The molecule has 1 spiro atoms. The van der Waals surface area contributed by atoms with Crippen LogP contribution in [0.15, 0.2) is 30.3 Å². The number of carbonyl (C=O) groups excluding carboxylic acids is 2. The molecule has 176 valence electrons. The Labute approximate surface area is 189 Å². The van der Waals surface area contributed by atoms with Crippen LogP contribution in [0.5, 0.6) is 5.75 Å². The maximum absolute atomic E-state index is 12.8. The van der Waals surface area contributed by atoms with Crippen LogP contribution in [0.4, 0.5) is 0 Å². The van der Waals surface area contributed by atoms with E-state index in [0.717, 1.165) is 18.6 Å². The van der Waals surface area contributed by atoms with Gasteiger partial charge in [-0.15, -0.1) is 0 Å². The highest BCUT2D eigenvalue weighted by Gasteiger charge is 2.45. The second-order valence-electron chi connectivity index (χ2n) is 9.14. The van der Waals surface area contributed by atoms with E-state index in [2.05, 4.69) is 5.32 Å². The van der Waals surface area contributed by atoms with Crippen molar-refractivity contribution < 1.29 is 28.9 Å². The fourth-order valence-corrected chi connectivity index (χ4v) is 4.80. The number of hydrogen-bond donors (Lipinski definition) is 2. The van der Waals surface area contributed by atoms with Crippen LogP contribution in [0.2, 0.25) is 0 Å². The van der Waals surface area contributed by atoms with Crippen LogP contribution in [0.3, 0.4) is 0 Å². The van der Waals surface area contributed by atoms with Crippen LogP contribution in [0, 0.1) is 5.92 Å². The summed E-state index contributed by atoms with van der Waals surface area (Å²) in [6.07, 6.45) is 4.17. The second-order valence-corrected chi connectivity index (χ2v) is 9.14. The maximum atomic E-state index is 12.8. The average molecular weight is 447 g/mol. The topological polar surface area (TPSA) is 97.3 Å². The highest BCUT2D eigenvalue weighted by molar-refractivity contribution is 5.81. The number of aliphatic hydroxyl groups is 1. The minimum Gasteiger partial charge on any atom is -0.493 e. The van der Waals surface area contributed by atoms with E-state index in [1.54, 1.807) is 4.90 Å². The van der Waals surface area contributed by atoms with E-state index < -0.39 is 11.4 Å². The molecule has 1 aliphatic carbocycles. The molecule has 32 heavy (non-hydrogen) atoms. The van der Waals surface area contributed by atoms with Gasteiger partial charge in [0.15, 0.2) is 5.79 Å². The van der Waals surface area contributed by atoms with Crippen molar-refractivity contribution in [2.75, 3.05) is 39.5 Å². The van der Waals surface area contributed by atoms with Crippen molar-refractivity contribution in [1.29, 1.82) is 0 Å². The quantitative estimate of drug-likeness (QED) is 0.664. The first kappa shape index (κ1) is 23.0. The van der Waals surface area contributed by atoms with Crippen molar-refractivity contribution in [3.63, 3.8) is 0 Å². The summed E-state index contributed by atoms with van der Waals surface area (Å²) in [6.45, 7) is 2.82. The summed E-state index contributed by atoms with van der Waals surface area (Å²) < 4.78 is 17.1. The summed E-state index contributed by atoms with van der Waals surface area (Å²) in [5, 5.41) is 13.8. The smallest absolute Gasteiger partial charge is 0.226 e. The normalized spacial score (nSPS) is 24.3. The van der Waals surface area contributed by atoms with Gasteiger partial charge in [0.2, 0.25) is 11.8 Å². The Morgan fingerprint density at radius 3 is 2.56 bits per heavy atom. The number of nitrogens with zero attached hydrogens (tertiary/aromatic N) is 1. The fourth-order valence-electron chi connectivity index (χ4n) is 4.80. The van der Waals surface area contributed by atoms with Crippen molar-refractivity contribution in [2.24, 2.45) is 5.92 Å². The van der Waals surface area contributed by atoms with Crippen LogP contribution in [0.1, 0.15) is 44.9 Å². The summed E-state index contributed by atoms with van der Waals surface area (Å²) in [4.78, 5) is 27.1. The summed E-state index contributed by atoms with van der Waals surface area (Å²) >= 11 is 0. The van der Waals surface area contributed by atoms with E-state index in [-0.39, 0.29) is 30.7 Å². The third-order valence-corrected chi connectivity index (χ3v) is 6.82. The lowest BCUT2D eigenvalue weighted by molar-refractivity contribution is -0.201. The van der Waals surface area contributed by atoms with Gasteiger partial charge in [0.25, 0.3) is 0 Å². The number of hydrogen-bond acceptors (Lipinski definition) is 6. The molecule has 8 nitrogen and oxygen atoms in total. The molecule has 2 N–H and O–H groups in total. The van der Waals surface area contributed by atoms with Gasteiger partial charge in [0.1, 0.15) is 5.75 Å². The molecule has 4 rings (SSSR count). The highest BCUT2D eigenvalue weighted by Crippen LogP contribution is 2.40. The monoisotopic (exact) mass is 446 g/mol. The van der Waals surface area contributed by atoms with Gasteiger partial charge >= 0.3 is 0 Å². The Kier molecular flexibility index (Phi) is 7.33. The van der Waals surface area contributed by atoms with Crippen LogP contribution in [0.25, 0.3) is 0 Å². The first-order valence-electron chi connectivity index (χ1n) is 11.7. The first-order chi connectivity index (χ1) is 15.5. The first-order valence-corrected chi connectivity index (χ1v) is 11.7. The molecule has 2 saturated heterocycles. The predicted molar refractivity (Wildman–Crippen MR) is 117 cm³/mol. The Balaban J connectivity index is 1.19. The fraction of sp³-hybridized carbons (Fsp3) is 0.667. The zero-order valence-corrected chi connectivity index (χ0v) is 18.6. The molecule has 8 heteroatoms. The molecule has 1 aromatic carbocycles. The number of ether oxygens (including phenoxy) is 3. The Morgan fingerprint density at radius 1 is 1.12 bits per heavy atom. The minimum atomic E-state index is -0.935. The third-order valence-electron chi connectivity index (χ3n) is 6.82.